The fourth-order valence-corrected chi connectivity index (χ4v) is 3.49. The van der Waals surface area contributed by atoms with Crippen LogP contribution in [0.3, 0.4) is 0 Å². The van der Waals surface area contributed by atoms with Gasteiger partial charge in [0.2, 0.25) is 0 Å². The van der Waals surface area contributed by atoms with Crippen molar-refractivity contribution in [1.29, 1.82) is 0 Å². The predicted molar refractivity (Wildman–Crippen MR) is 84.9 cm³/mol. The van der Waals surface area contributed by atoms with Gasteiger partial charge in [-0.2, -0.15) is 0 Å². The number of aromatic hydroxyl groups is 1. The molecule has 1 fully saturated rings. The van der Waals surface area contributed by atoms with Crippen molar-refractivity contribution < 1.29 is 24.3 Å². The topological polar surface area (TPSA) is 63.4 Å². The van der Waals surface area contributed by atoms with Crippen LogP contribution in [-0.2, 0) is 16.0 Å². The molecule has 0 spiro atoms. The molecular weight excluding hydrogens is 296 g/mol. The van der Waals surface area contributed by atoms with Crippen molar-refractivity contribution in [3.8, 4) is 11.5 Å². The molecule has 0 aliphatic carbocycles. The molecule has 1 aromatic rings. The second kappa shape index (κ2) is 6.76. The SMILES string of the molecule is COc1cc2c(cc1O)CCN(C(=O)C[NH+]1CCOCC1)[C@@H]2C. The van der Waals surface area contributed by atoms with E-state index >= 15 is 0 Å². The first-order valence-electron chi connectivity index (χ1n) is 8.20. The van der Waals surface area contributed by atoms with Crippen LogP contribution in [0.1, 0.15) is 24.1 Å². The summed E-state index contributed by atoms with van der Waals surface area (Å²) in [5.74, 6) is 0.812. The summed E-state index contributed by atoms with van der Waals surface area (Å²) in [5.41, 5.74) is 2.16. The van der Waals surface area contributed by atoms with E-state index in [4.69, 9.17) is 9.47 Å². The highest BCUT2D eigenvalue weighted by molar-refractivity contribution is 5.78. The smallest absolute Gasteiger partial charge is 0.278 e. The van der Waals surface area contributed by atoms with Crippen LogP contribution in [0, 0.1) is 0 Å². The number of rotatable bonds is 3. The second-order valence-electron chi connectivity index (χ2n) is 6.28. The number of hydrogen-bond acceptors (Lipinski definition) is 4. The molecule has 23 heavy (non-hydrogen) atoms. The van der Waals surface area contributed by atoms with Gasteiger partial charge < -0.3 is 24.4 Å². The Hall–Kier alpha value is -1.79. The third-order valence-corrected chi connectivity index (χ3v) is 4.90. The summed E-state index contributed by atoms with van der Waals surface area (Å²) in [6.45, 7) is 6.52. The van der Waals surface area contributed by atoms with E-state index in [1.807, 2.05) is 17.9 Å². The van der Waals surface area contributed by atoms with Gasteiger partial charge in [0.1, 0.15) is 13.1 Å². The Morgan fingerprint density at radius 1 is 1.43 bits per heavy atom. The van der Waals surface area contributed by atoms with E-state index in [0.717, 1.165) is 43.9 Å². The van der Waals surface area contributed by atoms with Crippen LogP contribution in [0.25, 0.3) is 0 Å². The summed E-state index contributed by atoms with van der Waals surface area (Å²) >= 11 is 0. The van der Waals surface area contributed by atoms with Crippen LogP contribution in [0.5, 0.6) is 11.5 Å². The highest BCUT2D eigenvalue weighted by atomic mass is 16.5. The molecule has 2 heterocycles. The zero-order valence-electron chi connectivity index (χ0n) is 13.8. The van der Waals surface area contributed by atoms with Crippen LogP contribution in [0.4, 0.5) is 0 Å². The average Bonchev–Trinajstić information content (AvgIpc) is 2.55. The van der Waals surface area contributed by atoms with E-state index < -0.39 is 0 Å². The summed E-state index contributed by atoms with van der Waals surface area (Å²) < 4.78 is 10.6. The molecular formula is C17H25N2O4+. The van der Waals surface area contributed by atoms with Crippen molar-refractivity contribution in [1.82, 2.24) is 4.90 Å². The number of nitrogens with one attached hydrogen (secondary N) is 1. The largest absolute Gasteiger partial charge is 0.504 e. The van der Waals surface area contributed by atoms with Crippen molar-refractivity contribution >= 4 is 5.91 Å². The fourth-order valence-electron chi connectivity index (χ4n) is 3.49. The maximum Gasteiger partial charge on any atom is 0.278 e. The van der Waals surface area contributed by atoms with Gasteiger partial charge in [0.25, 0.3) is 5.91 Å². The summed E-state index contributed by atoms with van der Waals surface area (Å²) in [6.07, 6.45) is 0.765. The molecule has 6 heteroatoms. The Labute approximate surface area is 136 Å². The van der Waals surface area contributed by atoms with Crippen LogP contribution in [-0.4, -0.2) is 62.4 Å². The quantitative estimate of drug-likeness (QED) is 0.807. The molecule has 2 N–H and O–H groups in total. The van der Waals surface area contributed by atoms with Crippen molar-refractivity contribution in [2.24, 2.45) is 0 Å². The first-order chi connectivity index (χ1) is 11.1. The summed E-state index contributed by atoms with van der Waals surface area (Å²) in [5, 5.41) is 9.92. The lowest BCUT2D eigenvalue weighted by Gasteiger charge is -2.36. The number of phenolic OH excluding ortho intramolecular Hbond substituents is 1. The number of quaternary nitrogens is 1. The minimum Gasteiger partial charge on any atom is -0.504 e. The van der Waals surface area contributed by atoms with Gasteiger partial charge in [-0.3, -0.25) is 4.79 Å². The van der Waals surface area contributed by atoms with Gasteiger partial charge in [0.15, 0.2) is 18.0 Å². The molecule has 0 aromatic heterocycles. The molecule has 1 aromatic carbocycles. The van der Waals surface area contributed by atoms with E-state index in [-0.39, 0.29) is 17.7 Å². The van der Waals surface area contributed by atoms with Gasteiger partial charge in [-0.25, -0.2) is 0 Å². The molecule has 0 radical (unpaired) electrons. The van der Waals surface area contributed by atoms with E-state index in [0.29, 0.717) is 18.8 Å². The Balaban J connectivity index is 1.74. The number of carbonyl (C=O) groups is 1. The number of carbonyl (C=O) groups excluding carboxylic acids is 1. The van der Waals surface area contributed by atoms with Crippen molar-refractivity contribution in [2.75, 3.05) is 46.5 Å². The number of ether oxygens (including phenoxy) is 2. The number of hydrogen-bond donors (Lipinski definition) is 2. The monoisotopic (exact) mass is 321 g/mol. The van der Waals surface area contributed by atoms with E-state index in [2.05, 4.69) is 0 Å². The van der Waals surface area contributed by atoms with Crippen LogP contribution >= 0.6 is 0 Å². The molecule has 1 atom stereocenters. The molecule has 1 saturated heterocycles. The number of fused-ring (bicyclic) bond motifs is 1. The minimum absolute atomic E-state index is 0.00110. The van der Waals surface area contributed by atoms with Crippen LogP contribution in [0.2, 0.25) is 0 Å². The van der Waals surface area contributed by atoms with Gasteiger partial charge in [0.05, 0.1) is 26.4 Å². The van der Waals surface area contributed by atoms with Crippen LogP contribution in [0.15, 0.2) is 12.1 Å². The number of benzene rings is 1. The van der Waals surface area contributed by atoms with Crippen LogP contribution < -0.4 is 9.64 Å². The lowest BCUT2D eigenvalue weighted by atomic mass is 9.92. The molecule has 126 valence electrons. The van der Waals surface area contributed by atoms with Crippen molar-refractivity contribution in [2.45, 2.75) is 19.4 Å². The molecule has 2 aliphatic rings. The summed E-state index contributed by atoms with van der Waals surface area (Å²) in [7, 11) is 1.54. The minimum atomic E-state index is 0.00110. The Kier molecular flexibility index (Phi) is 4.73. The van der Waals surface area contributed by atoms with Gasteiger partial charge in [-0.1, -0.05) is 0 Å². The summed E-state index contributed by atoms with van der Waals surface area (Å²) in [4.78, 5) is 15.9. The third kappa shape index (κ3) is 3.28. The second-order valence-corrected chi connectivity index (χ2v) is 6.28. The number of methoxy groups -OCH3 is 1. The van der Waals surface area contributed by atoms with E-state index in [1.54, 1.807) is 13.2 Å². The first-order valence-corrected chi connectivity index (χ1v) is 8.20. The predicted octanol–water partition coefficient (Wildman–Crippen LogP) is -0.238. The molecule has 0 saturated carbocycles. The molecule has 2 aliphatic heterocycles. The van der Waals surface area contributed by atoms with Crippen molar-refractivity contribution in [3.05, 3.63) is 23.3 Å². The number of amides is 1. The maximum atomic E-state index is 12.7. The molecule has 6 nitrogen and oxygen atoms in total. The zero-order valence-corrected chi connectivity index (χ0v) is 13.8. The normalized spacial score (nSPS) is 21.8. The first kappa shape index (κ1) is 16.1. The molecule has 0 unspecified atom stereocenters. The van der Waals surface area contributed by atoms with Crippen molar-refractivity contribution in [3.63, 3.8) is 0 Å². The number of nitrogens with zero attached hydrogens (tertiary/aromatic N) is 1. The lowest BCUT2D eigenvalue weighted by molar-refractivity contribution is -0.900. The van der Waals surface area contributed by atoms with Gasteiger partial charge >= 0.3 is 0 Å². The fraction of sp³-hybridized carbons (Fsp3) is 0.588. The van der Waals surface area contributed by atoms with E-state index in [1.165, 1.54) is 4.90 Å². The van der Waals surface area contributed by atoms with Gasteiger partial charge in [-0.15, -0.1) is 0 Å². The van der Waals surface area contributed by atoms with Gasteiger partial charge in [0, 0.05) is 6.54 Å². The Morgan fingerprint density at radius 2 is 2.17 bits per heavy atom. The highest BCUT2D eigenvalue weighted by Crippen LogP contribution is 2.37. The Morgan fingerprint density at radius 3 is 2.87 bits per heavy atom. The highest BCUT2D eigenvalue weighted by Gasteiger charge is 2.31. The standard InChI is InChI=1S/C17H24N2O4/c1-12-14-10-16(22-2)15(20)9-13(14)3-4-19(12)17(21)11-18-5-7-23-8-6-18/h9-10,12,20H,3-8,11H2,1-2H3/p+1/t12-/m1/s1. The molecule has 0 bridgehead atoms. The average molecular weight is 321 g/mol. The zero-order chi connectivity index (χ0) is 16.4. The number of phenols is 1. The lowest BCUT2D eigenvalue weighted by Crippen LogP contribution is -3.15. The molecule has 1 amide bonds. The van der Waals surface area contributed by atoms with E-state index in [9.17, 15) is 9.90 Å². The number of morpholine rings is 1. The molecule has 3 rings (SSSR count). The third-order valence-electron chi connectivity index (χ3n) is 4.90. The summed E-state index contributed by atoms with van der Waals surface area (Å²) in [6, 6.07) is 3.62. The Bertz CT molecular complexity index is 584. The van der Waals surface area contributed by atoms with Gasteiger partial charge in [-0.05, 0) is 36.6 Å². The maximum absolute atomic E-state index is 12.7.